The minimum atomic E-state index is -0.537. The van der Waals surface area contributed by atoms with E-state index in [1.54, 1.807) is 6.07 Å². The summed E-state index contributed by atoms with van der Waals surface area (Å²) in [6.07, 6.45) is 1.22. The van der Waals surface area contributed by atoms with Gasteiger partial charge in [-0.1, -0.05) is 12.1 Å². The first kappa shape index (κ1) is 16.8. The van der Waals surface area contributed by atoms with Crippen molar-refractivity contribution in [3.05, 3.63) is 68.6 Å². The topological polar surface area (TPSA) is 102 Å². The third kappa shape index (κ3) is 3.56. The largest absolute Gasteiger partial charge is 0.479 e. The molecule has 1 aromatic heterocycles. The number of aromatic hydroxyl groups is 1. The number of aromatic nitrogens is 1. The minimum Gasteiger partial charge on any atom is -0.479 e. The average molecular weight is 406 g/mol. The van der Waals surface area contributed by atoms with Gasteiger partial charge >= 0.3 is 5.95 Å². The number of nitro groups is 1. The number of nitrogens with zero attached hydrogens (tertiary/aromatic N) is 3. The summed E-state index contributed by atoms with van der Waals surface area (Å²) in [4.78, 5) is 18.3. The van der Waals surface area contributed by atoms with Crippen molar-refractivity contribution in [1.82, 2.24) is 4.98 Å². The number of benzene rings is 2. The van der Waals surface area contributed by atoms with Crippen molar-refractivity contribution >= 4 is 33.5 Å². The molecule has 0 unspecified atom stereocenters. The molecule has 3 rings (SSSR count). The number of rotatable bonds is 4. The van der Waals surface area contributed by atoms with E-state index in [1.165, 1.54) is 42.6 Å². The molecule has 0 radical (unpaired) electrons. The smallest absolute Gasteiger partial charge is 0.312 e. The van der Waals surface area contributed by atoms with Crippen molar-refractivity contribution in [3.63, 3.8) is 0 Å². The number of halogens is 2. The predicted octanol–water partition coefficient (Wildman–Crippen LogP) is 4.61. The van der Waals surface area contributed by atoms with Crippen LogP contribution in [-0.2, 0) is 0 Å². The fourth-order valence-corrected chi connectivity index (χ4v) is 2.47. The molecule has 0 fully saturated rings. The van der Waals surface area contributed by atoms with Crippen molar-refractivity contribution < 1.29 is 18.8 Å². The molecule has 0 atom stereocenters. The van der Waals surface area contributed by atoms with Crippen LogP contribution >= 0.6 is 15.9 Å². The molecule has 1 N–H and O–H groups in total. The molecule has 0 bridgehead atoms. The molecule has 25 heavy (non-hydrogen) atoms. The van der Waals surface area contributed by atoms with Gasteiger partial charge in [0.05, 0.1) is 22.4 Å². The van der Waals surface area contributed by atoms with Crippen LogP contribution in [0.4, 0.5) is 15.8 Å². The van der Waals surface area contributed by atoms with Crippen LogP contribution in [0.15, 0.2) is 56.3 Å². The number of aliphatic imine (C=N–C) groups is 1. The lowest BCUT2D eigenvalue weighted by atomic mass is 10.2. The van der Waals surface area contributed by atoms with Crippen LogP contribution < -0.4 is 0 Å². The maximum absolute atomic E-state index is 13.7. The Morgan fingerprint density at radius 1 is 1.32 bits per heavy atom. The van der Waals surface area contributed by atoms with Gasteiger partial charge in [0.25, 0.3) is 5.69 Å². The molecule has 0 aliphatic carbocycles. The van der Waals surface area contributed by atoms with Crippen LogP contribution in [-0.4, -0.2) is 21.2 Å². The first-order valence-corrected chi connectivity index (χ1v) is 7.67. The summed E-state index contributed by atoms with van der Waals surface area (Å²) in [5.74, 6) is -1.13. The van der Waals surface area contributed by atoms with E-state index in [-0.39, 0.29) is 22.8 Å². The van der Waals surface area contributed by atoms with E-state index in [2.05, 4.69) is 25.9 Å². The fourth-order valence-electron chi connectivity index (χ4n) is 2.00. The minimum absolute atomic E-state index is 0.00325. The Bertz CT molecular complexity index is 987. The molecule has 126 valence electrons. The van der Waals surface area contributed by atoms with Gasteiger partial charge in [-0.2, -0.15) is 0 Å². The Hall–Kier alpha value is -3.07. The molecular weight excluding hydrogens is 397 g/mol. The Morgan fingerprint density at radius 2 is 2.08 bits per heavy atom. The zero-order valence-corrected chi connectivity index (χ0v) is 14.0. The van der Waals surface area contributed by atoms with Gasteiger partial charge in [0.1, 0.15) is 5.82 Å². The van der Waals surface area contributed by atoms with Crippen molar-refractivity contribution in [2.24, 2.45) is 4.99 Å². The van der Waals surface area contributed by atoms with Crippen LogP contribution in [0.25, 0.3) is 11.5 Å². The van der Waals surface area contributed by atoms with E-state index < -0.39 is 16.7 Å². The van der Waals surface area contributed by atoms with E-state index in [1.807, 2.05) is 0 Å². The molecule has 0 spiro atoms. The third-order valence-corrected chi connectivity index (χ3v) is 3.84. The lowest BCUT2D eigenvalue weighted by Gasteiger charge is -1.97. The van der Waals surface area contributed by atoms with E-state index in [0.29, 0.717) is 10.2 Å². The first-order valence-electron chi connectivity index (χ1n) is 6.88. The summed E-state index contributed by atoms with van der Waals surface area (Å²) in [6, 6.07) is 9.89. The molecule has 2 aromatic carbocycles. The van der Waals surface area contributed by atoms with Gasteiger partial charge in [0.15, 0.2) is 5.69 Å². The molecule has 9 heteroatoms. The molecule has 0 aliphatic rings. The van der Waals surface area contributed by atoms with Crippen LogP contribution in [0.5, 0.6) is 5.95 Å². The van der Waals surface area contributed by atoms with Gasteiger partial charge in [-0.3, -0.25) is 15.1 Å². The number of hydrogen-bond acceptors (Lipinski definition) is 6. The Morgan fingerprint density at radius 3 is 2.76 bits per heavy atom. The molecule has 7 nitrogen and oxygen atoms in total. The monoisotopic (exact) mass is 405 g/mol. The maximum atomic E-state index is 13.7. The summed E-state index contributed by atoms with van der Waals surface area (Å²) in [6.45, 7) is 0. The number of nitro benzene ring substituents is 1. The van der Waals surface area contributed by atoms with Crippen LogP contribution in [0, 0.1) is 15.9 Å². The lowest BCUT2D eigenvalue weighted by Crippen LogP contribution is -1.87. The van der Waals surface area contributed by atoms with Crippen molar-refractivity contribution in [3.8, 4) is 17.4 Å². The normalized spacial score (nSPS) is 11.1. The first-order chi connectivity index (χ1) is 12.0. The van der Waals surface area contributed by atoms with Crippen molar-refractivity contribution in [2.75, 3.05) is 0 Å². The standard InChI is InChI=1S/C16H9BrFN3O4/c17-11-7-9(21(23)24)5-6-13(11)19-8-14-16(22)25-15(20-14)10-3-1-2-4-12(10)18/h1-8,22H. The molecular formula is C16H9BrFN3O4. The second-order valence-corrected chi connectivity index (χ2v) is 5.69. The van der Waals surface area contributed by atoms with Gasteiger partial charge in [-0.25, -0.2) is 9.37 Å². The van der Waals surface area contributed by atoms with E-state index in [9.17, 15) is 19.6 Å². The Labute approximate surface area is 148 Å². The SMILES string of the molecule is O=[N+]([O-])c1ccc(N=Cc2nc(-c3ccccc3F)oc2O)c(Br)c1. The molecule has 0 saturated heterocycles. The summed E-state index contributed by atoms with van der Waals surface area (Å²) in [5.41, 5.74) is 0.412. The van der Waals surface area contributed by atoms with E-state index >= 15 is 0 Å². The zero-order valence-electron chi connectivity index (χ0n) is 12.4. The molecule has 0 saturated carbocycles. The highest BCUT2D eigenvalue weighted by molar-refractivity contribution is 9.10. The van der Waals surface area contributed by atoms with Crippen LogP contribution in [0.3, 0.4) is 0 Å². The molecule has 1 heterocycles. The quantitative estimate of drug-likeness (QED) is 0.387. The number of non-ortho nitro benzene ring substituents is 1. The predicted molar refractivity (Wildman–Crippen MR) is 91.6 cm³/mol. The third-order valence-electron chi connectivity index (χ3n) is 3.21. The van der Waals surface area contributed by atoms with Gasteiger partial charge in [-0.05, 0) is 34.1 Å². The summed E-state index contributed by atoms with van der Waals surface area (Å²) >= 11 is 3.18. The Kier molecular flexibility index (Phi) is 4.57. The second-order valence-electron chi connectivity index (χ2n) is 4.84. The van der Waals surface area contributed by atoms with Gasteiger partial charge in [-0.15, -0.1) is 0 Å². The van der Waals surface area contributed by atoms with Crippen molar-refractivity contribution in [1.29, 1.82) is 0 Å². The average Bonchev–Trinajstić information content (AvgIpc) is 2.94. The number of hydrogen-bond donors (Lipinski definition) is 1. The molecule has 0 aliphatic heterocycles. The highest BCUT2D eigenvalue weighted by Gasteiger charge is 2.15. The fraction of sp³-hybridized carbons (Fsp3) is 0. The summed E-state index contributed by atoms with van der Waals surface area (Å²) in [7, 11) is 0. The zero-order chi connectivity index (χ0) is 18.0. The van der Waals surface area contributed by atoms with Crippen LogP contribution in [0.2, 0.25) is 0 Å². The van der Waals surface area contributed by atoms with Gasteiger partial charge in [0, 0.05) is 16.6 Å². The summed E-state index contributed by atoms with van der Waals surface area (Å²) < 4.78 is 19.2. The molecule has 3 aromatic rings. The lowest BCUT2D eigenvalue weighted by molar-refractivity contribution is -0.384. The highest BCUT2D eigenvalue weighted by Crippen LogP contribution is 2.31. The molecule has 0 amide bonds. The van der Waals surface area contributed by atoms with Gasteiger partial charge in [0.2, 0.25) is 5.89 Å². The highest BCUT2D eigenvalue weighted by atomic mass is 79.9. The Balaban J connectivity index is 1.90. The van der Waals surface area contributed by atoms with Gasteiger partial charge < -0.3 is 9.52 Å². The van der Waals surface area contributed by atoms with E-state index in [4.69, 9.17) is 4.42 Å². The van der Waals surface area contributed by atoms with E-state index in [0.717, 1.165) is 0 Å². The van der Waals surface area contributed by atoms with Crippen molar-refractivity contribution in [2.45, 2.75) is 0 Å². The maximum Gasteiger partial charge on any atom is 0.312 e. The number of oxazole rings is 1. The van der Waals surface area contributed by atoms with Crippen LogP contribution in [0.1, 0.15) is 5.69 Å². The second kappa shape index (κ2) is 6.81. The summed E-state index contributed by atoms with van der Waals surface area (Å²) in [5, 5.41) is 20.5.